The lowest BCUT2D eigenvalue weighted by atomic mass is 10.1. The highest BCUT2D eigenvalue weighted by atomic mass is 16.2. The number of hydrogen-bond acceptors (Lipinski definition) is 2. The van der Waals surface area contributed by atoms with Crippen molar-refractivity contribution in [2.45, 2.75) is 26.3 Å². The highest BCUT2D eigenvalue weighted by Gasteiger charge is 2.08. The van der Waals surface area contributed by atoms with E-state index in [0.29, 0.717) is 13.0 Å². The van der Waals surface area contributed by atoms with Crippen molar-refractivity contribution in [1.82, 2.24) is 15.1 Å². The van der Waals surface area contributed by atoms with Crippen LogP contribution in [0.1, 0.15) is 24.5 Å². The second kappa shape index (κ2) is 9.07. The number of benzene rings is 1. The van der Waals surface area contributed by atoms with Gasteiger partial charge in [-0.15, -0.1) is 0 Å². The molecule has 5 nitrogen and oxygen atoms in total. The van der Waals surface area contributed by atoms with E-state index in [1.54, 1.807) is 26.0 Å². The minimum Gasteiger partial charge on any atom is -0.356 e. The molecule has 0 aliphatic carbocycles. The van der Waals surface area contributed by atoms with Gasteiger partial charge in [0.1, 0.15) is 0 Å². The normalized spacial score (nSPS) is 11.2. The third-order valence-electron chi connectivity index (χ3n) is 3.55. The summed E-state index contributed by atoms with van der Waals surface area (Å²) >= 11 is 0. The first kappa shape index (κ1) is 18.0. The second-order valence-corrected chi connectivity index (χ2v) is 5.54. The van der Waals surface area contributed by atoms with Gasteiger partial charge in [-0.05, 0) is 17.5 Å². The smallest absolute Gasteiger partial charge is 0.223 e. The Bertz CT molecular complexity index is 494. The summed E-state index contributed by atoms with van der Waals surface area (Å²) in [6.07, 6.45) is 1.52. The van der Waals surface area contributed by atoms with Gasteiger partial charge in [-0.1, -0.05) is 31.2 Å². The van der Waals surface area contributed by atoms with E-state index in [4.69, 9.17) is 0 Å². The molecule has 1 aromatic carbocycles. The van der Waals surface area contributed by atoms with E-state index in [-0.39, 0.29) is 5.91 Å². The average Bonchev–Trinajstić information content (AvgIpc) is 2.51. The van der Waals surface area contributed by atoms with Crippen LogP contribution >= 0.6 is 0 Å². The molecule has 0 fully saturated rings. The molecule has 0 aliphatic rings. The van der Waals surface area contributed by atoms with Gasteiger partial charge in [-0.2, -0.15) is 0 Å². The zero-order chi connectivity index (χ0) is 16.5. The Labute approximate surface area is 134 Å². The summed E-state index contributed by atoms with van der Waals surface area (Å²) in [5, 5.41) is 3.23. The quantitative estimate of drug-likeness (QED) is 0.643. The van der Waals surface area contributed by atoms with Crippen molar-refractivity contribution in [2.24, 2.45) is 4.99 Å². The highest BCUT2D eigenvalue weighted by Crippen LogP contribution is 2.07. The van der Waals surface area contributed by atoms with Crippen LogP contribution in [-0.4, -0.2) is 56.4 Å². The fourth-order valence-corrected chi connectivity index (χ4v) is 2.12. The van der Waals surface area contributed by atoms with Crippen LogP contribution in [0, 0.1) is 0 Å². The molecule has 0 bridgehead atoms. The van der Waals surface area contributed by atoms with E-state index in [1.807, 2.05) is 7.05 Å². The molecule has 0 saturated heterocycles. The molecule has 22 heavy (non-hydrogen) atoms. The fraction of sp³-hybridized carbons (Fsp3) is 0.529. The van der Waals surface area contributed by atoms with Crippen molar-refractivity contribution < 1.29 is 4.79 Å². The zero-order valence-corrected chi connectivity index (χ0v) is 14.4. The minimum atomic E-state index is 0.112. The molecule has 1 aromatic rings. The van der Waals surface area contributed by atoms with Crippen molar-refractivity contribution in [3.8, 4) is 0 Å². The number of carbonyl (C=O) groups excluding carboxylic acids is 1. The Hall–Kier alpha value is -2.04. The Kier molecular flexibility index (Phi) is 7.43. The van der Waals surface area contributed by atoms with Crippen LogP contribution in [0.4, 0.5) is 0 Å². The first-order valence-electron chi connectivity index (χ1n) is 7.67. The Balaban J connectivity index is 2.50. The van der Waals surface area contributed by atoms with Crippen molar-refractivity contribution in [3.05, 3.63) is 35.4 Å². The molecule has 1 rings (SSSR count). The summed E-state index contributed by atoms with van der Waals surface area (Å²) in [5.41, 5.74) is 2.59. The molecule has 0 saturated carbocycles. The minimum absolute atomic E-state index is 0.112. The number of nitrogens with one attached hydrogen (secondary N) is 1. The molecular weight excluding hydrogens is 276 g/mol. The Morgan fingerprint density at radius 2 is 1.73 bits per heavy atom. The highest BCUT2D eigenvalue weighted by molar-refractivity contribution is 5.81. The lowest BCUT2D eigenvalue weighted by Gasteiger charge is -2.22. The maximum atomic E-state index is 11.6. The predicted molar refractivity (Wildman–Crippen MR) is 92.0 cm³/mol. The summed E-state index contributed by atoms with van der Waals surface area (Å²) in [7, 11) is 7.29. The van der Waals surface area contributed by atoms with Crippen LogP contribution in [0.2, 0.25) is 0 Å². The van der Waals surface area contributed by atoms with E-state index >= 15 is 0 Å². The van der Waals surface area contributed by atoms with Crippen LogP contribution in [0.3, 0.4) is 0 Å². The van der Waals surface area contributed by atoms with Gasteiger partial charge in [-0.3, -0.25) is 9.79 Å². The van der Waals surface area contributed by atoms with E-state index in [2.05, 4.69) is 46.4 Å². The summed E-state index contributed by atoms with van der Waals surface area (Å²) < 4.78 is 0. The molecule has 0 atom stereocenters. The largest absolute Gasteiger partial charge is 0.356 e. The second-order valence-electron chi connectivity index (χ2n) is 5.54. The number of amides is 1. The number of aryl methyl sites for hydroxylation is 1. The molecule has 0 aromatic heterocycles. The van der Waals surface area contributed by atoms with Gasteiger partial charge >= 0.3 is 0 Å². The van der Waals surface area contributed by atoms with E-state index < -0.39 is 0 Å². The molecular formula is C17H28N4O. The van der Waals surface area contributed by atoms with Crippen LogP contribution < -0.4 is 5.32 Å². The van der Waals surface area contributed by atoms with Crippen LogP contribution in [0.25, 0.3) is 0 Å². The first-order chi connectivity index (χ1) is 10.5. The zero-order valence-electron chi connectivity index (χ0n) is 14.4. The van der Waals surface area contributed by atoms with Gasteiger partial charge in [0.2, 0.25) is 5.91 Å². The van der Waals surface area contributed by atoms with E-state index in [0.717, 1.165) is 18.9 Å². The number of hydrogen-bond donors (Lipinski definition) is 1. The monoisotopic (exact) mass is 304 g/mol. The predicted octanol–water partition coefficient (Wildman–Crippen LogP) is 1.73. The lowest BCUT2D eigenvalue weighted by molar-refractivity contribution is -0.128. The molecule has 122 valence electrons. The van der Waals surface area contributed by atoms with Crippen molar-refractivity contribution in [1.29, 1.82) is 0 Å². The van der Waals surface area contributed by atoms with E-state index in [1.165, 1.54) is 11.1 Å². The van der Waals surface area contributed by atoms with Crippen LogP contribution in [-0.2, 0) is 17.8 Å². The number of nitrogens with zero attached hydrogens (tertiary/aromatic N) is 3. The van der Waals surface area contributed by atoms with Gasteiger partial charge in [0.05, 0.1) is 0 Å². The van der Waals surface area contributed by atoms with E-state index in [9.17, 15) is 4.79 Å². The number of carbonyl (C=O) groups is 1. The Morgan fingerprint density at radius 1 is 1.14 bits per heavy atom. The maximum Gasteiger partial charge on any atom is 0.223 e. The molecule has 0 radical (unpaired) electrons. The van der Waals surface area contributed by atoms with Crippen molar-refractivity contribution in [2.75, 3.05) is 34.7 Å². The third-order valence-corrected chi connectivity index (χ3v) is 3.55. The third kappa shape index (κ3) is 5.76. The van der Waals surface area contributed by atoms with Crippen molar-refractivity contribution >= 4 is 11.9 Å². The molecule has 5 heteroatoms. The summed E-state index contributed by atoms with van der Waals surface area (Å²) in [6, 6.07) is 8.63. The van der Waals surface area contributed by atoms with Gasteiger partial charge < -0.3 is 15.1 Å². The fourth-order valence-electron chi connectivity index (χ4n) is 2.12. The average molecular weight is 304 g/mol. The molecule has 1 amide bonds. The molecule has 0 unspecified atom stereocenters. The SMILES string of the molecule is CCc1ccc(CN(C)C(=NC)NCCC(=O)N(C)C)cc1. The first-order valence-corrected chi connectivity index (χ1v) is 7.67. The summed E-state index contributed by atoms with van der Waals surface area (Å²) in [5.74, 6) is 0.909. The van der Waals surface area contributed by atoms with Gasteiger partial charge in [0.25, 0.3) is 0 Å². The number of rotatable bonds is 6. The topological polar surface area (TPSA) is 47.9 Å². The van der Waals surface area contributed by atoms with Crippen molar-refractivity contribution in [3.63, 3.8) is 0 Å². The molecule has 0 aliphatic heterocycles. The standard InChI is InChI=1S/C17H28N4O/c1-6-14-7-9-15(10-8-14)13-21(5)17(18-2)19-12-11-16(22)20(3)4/h7-10H,6,11-13H2,1-5H3,(H,18,19). The van der Waals surface area contributed by atoms with Crippen LogP contribution in [0.5, 0.6) is 0 Å². The maximum absolute atomic E-state index is 11.6. The number of guanidine groups is 1. The van der Waals surface area contributed by atoms with Gasteiger partial charge in [0.15, 0.2) is 5.96 Å². The lowest BCUT2D eigenvalue weighted by Crippen LogP contribution is -2.40. The molecule has 0 heterocycles. The number of aliphatic imine (C=N–C) groups is 1. The Morgan fingerprint density at radius 3 is 2.23 bits per heavy atom. The molecule has 0 spiro atoms. The summed E-state index contributed by atoms with van der Waals surface area (Å²) in [6.45, 7) is 3.52. The van der Waals surface area contributed by atoms with Gasteiger partial charge in [-0.25, -0.2) is 0 Å². The van der Waals surface area contributed by atoms with Gasteiger partial charge in [0, 0.05) is 47.7 Å². The van der Waals surface area contributed by atoms with Crippen LogP contribution in [0.15, 0.2) is 29.3 Å². The molecule has 1 N–H and O–H groups in total. The summed E-state index contributed by atoms with van der Waals surface area (Å²) in [4.78, 5) is 19.5.